The van der Waals surface area contributed by atoms with Crippen molar-refractivity contribution in [2.24, 2.45) is 11.7 Å². The van der Waals surface area contributed by atoms with E-state index in [9.17, 15) is 14.4 Å². The highest BCUT2D eigenvalue weighted by Crippen LogP contribution is 2.20. The molecule has 0 spiro atoms. The summed E-state index contributed by atoms with van der Waals surface area (Å²) in [6.07, 6.45) is 0. The molecule has 0 saturated carbocycles. The second kappa shape index (κ2) is 8.77. The number of primary amides is 1. The Hall–Kier alpha value is -2.45. The number of likely N-dealkylation sites (N-methyl/N-ethyl adjacent to an activating group) is 1. The minimum Gasteiger partial charge on any atom is -0.370 e. The van der Waals surface area contributed by atoms with E-state index in [2.05, 4.69) is 5.32 Å². The Morgan fingerprint density at radius 2 is 1.96 bits per heavy atom. The lowest BCUT2D eigenvalue weighted by atomic mass is 10.1. The van der Waals surface area contributed by atoms with Gasteiger partial charge in [-0.2, -0.15) is 0 Å². The third kappa shape index (κ3) is 5.03. The van der Waals surface area contributed by atoms with Crippen LogP contribution in [0, 0.1) is 5.92 Å². The number of morpholine rings is 1. The number of nitrogens with one attached hydrogen (secondary N) is 1. The van der Waals surface area contributed by atoms with Crippen molar-refractivity contribution in [3.05, 3.63) is 24.3 Å². The molecule has 1 aromatic carbocycles. The molecule has 0 unspecified atom stereocenters. The van der Waals surface area contributed by atoms with Crippen molar-refractivity contribution in [2.75, 3.05) is 43.6 Å². The molecule has 8 nitrogen and oxygen atoms in total. The van der Waals surface area contributed by atoms with Gasteiger partial charge >= 0.3 is 0 Å². The summed E-state index contributed by atoms with van der Waals surface area (Å²) in [6, 6.07) is 5.83. The summed E-state index contributed by atoms with van der Waals surface area (Å²) >= 11 is 0. The molecule has 1 saturated heterocycles. The zero-order valence-electron chi connectivity index (χ0n) is 15.4. The molecule has 1 heterocycles. The average Bonchev–Trinajstić information content (AvgIpc) is 2.55. The maximum atomic E-state index is 12.5. The minimum absolute atomic E-state index is 0.0704. The molecular weight excluding hydrogens is 336 g/mol. The summed E-state index contributed by atoms with van der Waals surface area (Å²) in [6.45, 7) is 5.62. The first kappa shape index (κ1) is 19.9. The van der Waals surface area contributed by atoms with Crippen molar-refractivity contribution in [1.82, 2.24) is 4.90 Å². The Labute approximate surface area is 153 Å². The Morgan fingerprint density at radius 3 is 2.50 bits per heavy atom. The molecule has 1 fully saturated rings. The molecule has 3 amide bonds. The van der Waals surface area contributed by atoms with Crippen LogP contribution >= 0.6 is 0 Å². The lowest BCUT2D eigenvalue weighted by Gasteiger charge is -2.27. The van der Waals surface area contributed by atoms with Crippen molar-refractivity contribution in [3.8, 4) is 0 Å². The molecule has 26 heavy (non-hydrogen) atoms. The first-order valence-electron chi connectivity index (χ1n) is 8.58. The van der Waals surface area contributed by atoms with E-state index < -0.39 is 17.9 Å². The zero-order chi connectivity index (χ0) is 19.3. The van der Waals surface area contributed by atoms with Gasteiger partial charge in [-0.3, -0.25) is 19.3 Å². The SMILES string of the molecule is CC(C)CN(C)[C@@H](C(N)=O)C(=O)Nc1ccc(N2CCOCC2=O)cc1. The quantitative estimate of drug-likeness (QED) is 0.685. The van der Waals surface area contributed by atoms with Crippen LogP contribution in [0.2, 0.25) is 0 Å². The molecule has 0 bridgehead atoms. The number of nitrogens with two attached hydrogens (primary N) is 1. The second-order valence-corrected chi connectivity index (χ2v) is 6.77. The molecule has 8 heteroatoms. The van der Waals surface area contributed by atoms with Crippen molar-refractivity contribution >= 4 is 29.1 Å². The number of hydrogen-bond acceptors (Lipinski definition) is 5. The highest BCUT2D eigenvalue weighted by atomic mass is 16.5. The summed E-state index contributed by atoms with van der Waals surface area (Å²) in [5, 5.41) is 2.71. The molecular formula is C18H26N4O4. The number of anilines is 2. The van der Waals surface area contributed by atoms with Gasteiger partial charge in [-0.1, -0.05) is 13.8 Å². The van der Waals surface area contributed by atoms with E-state index in [1.165, 1.54) is 0 Å². The zero-order valence-corrected chi connectivity index (χ0v) is 15.4. The fourth-order valence-electron chi connectivity index (χ4n) is 2.95. The third-order valence-corrected chi connectivity index (χ3v) is 4.04. The molecule has 142 valence electrons. The number of hydrogen-bond donors (Lipinski definition) is 2. The van der Waals surface area contributed by atoms with Crippen molar-refractivity contribution in [3.63, 3.8) is 0 Å². The molecule has 1 aliphatic heterocycles. The van der Waals surface area contributed by atoms with Crippen molar-refractivity contribution in [1.29, 1.82) is 0 Å². The highest BCUT2D eigenvalue weighted by Gasteiger charge is 2.29. The van der Waals surface area contributed by atoms with Gasteiger partial charge in [0.2, 0.25) is 5.91 Å². The number of rotatable bonds is 7. The van der Waals surface area contributed by atoms with E-state index in [0.29, 0.717) is 31.3 Å². The van der Waals surface area contributed by atoms with Crippen LogP contribution < -0.4 is 16.0 Å². The highest BCUT2D eigenvalue weighted by molar-refractivity contribution is 6.09. The molecule has 0 aromatic heterocycles. The largest absolute Gasteiger partial charge is 0.370 e. The fourth-order valence-corrected chi connectivity index (χ4v) is 2.95. The summed E-state index contributed by atoms with van der Waals surface area (Å²) in [7, 11) is 1.70. The van der Waals surface area contributed by atoms with E-state index in [-0.39, 0.29) is 12.5 Å². The Bertz CT molecular complexity index is 660. The monoisotopic (exact) mass is 362 g/mol. The number of carbonyl (C=O) groups is 3. The van der Waals surface area contributed by atoms with Crippen LogP contribution in [0.3, 0.4) is 0 Å². The molecule has 0 radical (unpaired) electrons. The van der Waals surface area contributed by atoms with Gasteiger partial charge < -0.3 is 20.7 Å². The number of ether oxygens (including phenoxy) is 1. The average molecular weight is 362 g/mol. The van der Waals surface area contributed by atoms with Gasteiger partial charge in [0.1, 0.15) is 6.61 Å². The molecule has 1 aromatic rings. The van der Waals surface area contributed by atoms with Crippen molar-refractivity contribution in [2.45, 2.75) is 19.9 Å². The van der Waals surface area contributed by atoms with Crippen LogP contribution in [0.1, 0.15) is 13.8 Å². The molecule has 0 aliphatic carbocycles. The molecule has 3 N–H and O–H groups in total. The van der Waals surface area contributed by atoms with Crippen LogP contribution in [0.25, 0.3) is 0 Å². The van der Waals surface area contributed by atoms with Gasteiger partial charge in [0.15, 0.2) is 6.04 Å². The summed E-state index contributed by atoms with van der Waals surface area (Å²) < 4.78 is 5.11. The van der Waals surface area contributed by atoms with E-state index >= 15 is 0 Å². The van der Waals surface area contributed by atoms with Crippen LogP contribution in [0.4, 0.5) is 11.4 Å². The molecule has 1 aliphatic rings. The Kier molecular flexibility index (Phi) is 6.70. The van der Waals surface area contributed by atoms with Crippen LogP contribution in [0.5, 0.6) is 0 Å². The minimum atomic E-state index is -1.04. The Balaban J connectivity index is 2.05. The first-order chi connectivity index (χ1) is 12.3. The maximum absolute atomic E-state index is 12.5. The number of amides is 3. The van der Waals surface area contributed by atoms with Gasteiger partial charge in [-0.25, -0.2) is 0 Å². The molecule has 1 atom stereocenters. The van der Waals surface area contributed by atoms with Gasteiger partial charge in [0.25, 0.3) is 11.8 Å². The summed E-state index contributed by atoms with van der Waals surface area (Å²) in [5.41, 5.74) is 6.67. The van der Waals surface area contributed by atoms with E-state index in [4.69, 9.17) is 10.5 Å². The number of nitrogens with zero attached hydrogens (tertiary/aromatic N) is 2. The van der Waals surface area contributed by atoms with Crippen LogP contribution in [-0.4, -0.2) is 62.0 Å². The number of benzene rings is 1. The topological polar surface area (TPSA) is 105 Å². The van der Waals surface area contributed by atoms with Crippen LogP contribution in [-0.2, 0) is 19.1 Å². The third-order valence-electron chi connectivity index (χ3n) is 4.04. The lowest BCUT2D eigenvalue weighted by molar-refractivity contribution is -0.132. The van der Waals surface area contributed by atoms with Gasteiger partial charge in [-0.05, 0) is 37.2 Å². The van der Waals surface area contributed by atoms with E-state index in [0.717, 1.165) is 5.69 Å². The molecule has 2 rings (SSSR count). The predicted molar refractivity (Wildman–Crippen MR) is 98.7 cm³/mol. The smallest absolute Gasteiger partial charge is 0.253 e. The summed E-state index contributed by atoms with van der Waals surface area (Å²) in [5.74, 6) is -0.978. The number of carbonyl (C=O) groups excluding carboxylic acids is 3. The van der Waals surface area contributed by atoms with Crippen LogP contribution in [0.15, 0.2) is 24.3 Å². The second-order valence-electron chi connectivity index (χ2n) is 6.77. The van der Waals surface area contributed by atoms with Crippen molar-refractivity contribution < 1.29 is 19.1 Å². The van der Waals surface area contributed by atoms with Gasteiger partial charge in [0.05, 0.1) is 6.61 Å². The van der Waals surface area contributed by atoms with Gasteiger partial charge in [-0.15, -0.1) is 0 Å². The Morgan fingerprint density at radius 1 is 1.31 bits per heavy atom. The fraction of sp³-hybridized carbons (Fsp3) is 0.500. The predicted octanol–water partition coefficient (Wildman–Crippen LogP) is 0.430. The van der Waals surface area contributed by atoms with E-state index in [1.807, 2.05) is 13.8 Å². The van der Waals surface area contributed by atoms with Gasteiger partial charge in [0, 0.05) is 24.5 Å². The maximum Gasteiger partial charge on any atom is 0.253 e. The standard InChI is InChI=1S/C18H26N4O4/c1-12(2)10-21(3)16(17(19)24)18(25)20-13-4-6-14(7-5-13)22-8-9-26-11-15(22)23/h4-7,12,16H,8-11H2,1-3H3,(H2,19,24)(H,20,25)/t16-/m0/s1. The van der Waals surface area contributed by atoms with E-state index in [1.54, 1.807) is 41.1 Å². The lowest BCUT2D eigenvalue weighted by Crippen LogP contribution is -2.51. The first-order valence-corrected chi connectivity index (χ1v) is 8.58. The summed E-state index contributed by atoms with van der Waals surface area (Å²) in [4.78, 5) is 39.3. The normalized spacial score (nSPS) is 16.0.